The first-order valence-electron chi connectivity index (χ1n) is 19.0. The van der Waals surface area contributed by atoms with Gasteiger partial charge in [0.25, 0.3) is 0 Å². The van der Waals surface area contributed by atoms with Gasteiger partial charge >= 0.3 is 0 Å². The van der Waals surface area contributed by atoms with Crippen molar-refractivity contribution in [1.82, 2.24) is 9.97 Å². The number of furan rings is 1. The first kappa shape index (κ1) is 33.0. The summed E-state index contributed by atoms with van der Waals surface area (Å²) in [6.45, 7) is 4.49. The van der Waals surface area contributed by atoms with Crippen LogP contribution in [0.5, 0.6) is 0 Å². The van der Waals surface area contributed by atoms with Crippen molar-refractivity contribution >= 4 is 32.7 Å². The van der Waals surface area contributed by atoms with Crippen LogP contribution in [-0.2, 0) is 31.9 Å². The summed E-state index contributed by atoms with van der Waals surface area (Å²) < 4.78 is 24.2. The Balaban J connectivity index is 0.000000178. The number of rotatable bonds is 6. The Morgan fingerprint density at radius 2 is 1.42 bits per heavy atom. The molecule has 5 aromatic carbocycles. The van der Waals surface area contributed by atoms with E-state index in [2.05, 4.69) is 103 Å². The maximum atomic E-state index is 8.87. The van der Waals surface area contributed by atoms with Crippen LogP contribution in [0, 0.1) is 18.1 Å². The average Bonchev–Trinajstić information content (AvgIpc) is 3.62. The number of pyridine rings is 2. The molecule has 3 heterocycles. The molecule has 3 nitrogen and oxygen atoms in total. The first-order chi connectivity index (χ1) is 25.8. The van der Waals surface area contributed by atoms with E-state index in [1.807, 2.05) is 66.9 Å². The molecule has 0 saturated heterocycles. The smallest absolute Gasteiger partial charge is 0.128 e. The summed E-state index contributed by atoms with van der Waals surface area (Å²) in [7, 11) is 0. The van der Waals surface area contributed by atoms with Crippen molar-refractivity contribution in [2.24, 2.45) is 5.92 Å². The Bertz CT molecular complexity index is 2510. The van der Waals surface area contributed by atoms with Crippen LogP contribution in [0.1, 0.15) is 65.4 Å². The normalized spacial score (nSPS) is 14.3. The minimum Gasteiger partial charge on any atom is -0.500 e. The van der Waals surface area contributed by atoms with Crippen molar-refractivity contribution in [2.45, 2.75) is 57.7 Å². The minimum atomic E-state index is -1.36. The molecule has 1 fully saturated rings. The number of nitrogens with zero attached hydrogens (tertiary/aromatic N) is 2. The van der Waals surface area contributed by atoms with Crippen LogP contribution in [0.3, 0.4) is 0 Å². The summed E-state index contributed by atoms with van der Waals surface area (Å²) in [5.74, 6) is 0.0591. The van der Waals surface area contributed by atoms with Gasteiger partial charge in [0, 0.05) is 51.4 Å². The number of fused-ring (bicyclic) bond motifs is 5. The maximum Gasteiger partial charge on any atom is 0.128 e. The second kappa shape index (κ2) is 15.8. The summed E-state index contributed by atoms with van der Waals surface area (Å²) in [5.41, 5.74) is 8.32. The van der Waals surface area contributed by atoms with Crippen LogP contribution >= 0.6 is 0 Å². The number of hydrogen-bond acceptors (Lipinski definition) is 3. The molecule has 1 saturated carbocycles. The average molecular weight is 857 g/mol. The maximum absolute atomic E-state index is 8.87. The molecule has 9 rings (SSSR count). The first-order valence-corrected chi connectivity index (χ1v) is 18.0. The summed E-state index contributed by atoms with van der Waals surface area (Å²) >= 11 is 0. The Kier molecular flexibility index (Phi) is 10.0. The van der Waals surface area contributed by atoms with Gasteiger partial charge in [-0.25, -0.2) is 0 Å². The van der Waals surface area contributed by atoms with Gasteiger partial charge in [0.2, 0.25) is 0 Å². The molecule has 0 aliphatic heterocycles. The molecule has 8 aromatic rings. The van der Waals surface area contributed by atoms with E-state index in [1.54, 1.807) is 6.20 Å². The van der Waals surface area contributed by atoms with Gasteiger partial charge in [0.1, 0.15) is 5.58 Å². The van der Waals surface area contributed by atoms with E-state index in [-0.39, 0.29) is 31.4 Å². The monoisotopic (exact) mass is 857 g/mol. The topological polar surface area (TPSA) is 38.9 Å². The van der Waals surface area contributed by atoms with Gasteiger partial charge in [-0.15, -0.1) is 54.1 Å². The number of aromatic nitrogens is 2. The van der Waals surface area contributed by atoms with Gasteiger partial charge in [-0.05, 0) is 52.3 Å². The molecule has 1 aliphatic carbocycles. The second-order valence-corrected chi connectivity index (χ2v) is 14.0. The SMILES string of the molecule is CC(C)(c1ccccc1)c1ccnc(-c2[c-]cccc2)c1.[2H]C([2H])(c1ccnc(-c2[c-]ccc3c2oc2c4ccccc4ccc32)c1)C1CCCCC1.[Ir]. The molecule has 0 bridgehead atoms. The van der Waals surface area contributed by atoms with Crippen LogP contribution in [-0.4, -0.2) is 9.97 Å². The third-order valence-electron chi connectivity index (χ3n) is 10.3. The second-order valence-electron chi connectivity index (χ2n) is 14.0. The zero-order valence-electron chi connectivity index (χ0n) is 31.5. The zero-order chi connectivity index (χ0) is 36.4. The fourth-order valence-corrected chi connectivity index (χ4v) is 7.34. The van der Waals surface area contributed by atoms with Crippen LogP contribution in [0.25, 0.3) is 55.2 Å². The van der Waals surface area contributed by atoms with Gasteiger partial charge < -0.3 is 14.4 Å². The van der Waals surface area contributed by atoms with Gasteiger partial charge in [0.05, 0.1) is 5.58 Å². The fourth-order valence-electron chi connectivity index (χ4n) is 7.34. The molecule has 3 aromatic heterocycles. The molecule has 1 aliphatic rings. The van der Waals surface area contributed by atoms with Crippen molar-refractivity contribution in [3.05, 3.63) is 169 Å². The van der Waals surface area contributed by atoms with Gasteiger partial charge in [-0.1, -0.05) is 141 Å². The third-order valence-corrected chi connectivity index (χ3v) is 10.3. The van der Waals surface area contributed by atoms with E-state index >= 15 is 0 Å². The largest absolute Gasteiger partial charge is 0.500 e. The Labute approximate surface area is 323 Å². The molecular formula is C48H42IrN2O-2. The van der Waals surface area contributed by atoms with E-state index < -0.39 is 6.37 Å². The van der Waals surface area contributed by atoms with Gasteiger partial charge in [0.15, 0.2) is 0 Å². The van der Waals surface area contributed by atoms with Crippen LogP contribution in [0.4, 0.5) is 0 Å². The van der Waals surface area contributed by atoms with Crippen molar-refractivity contribution in [3.63, 3.8) is 0 Å². The summed E-state index contributed by atoms with van der Waals surface area (Å²) in [6, 6.07) is 49.5. The molecule has 0 unspecified atom stereocenters. The van der Waals surface area contributed by atoms with Crippen LogP contribution < -0.4 is 0 Å². The molecule has 0 atom stereocenters. The minimum absolute atomic E-state index is 0. The zero-order valence-corrected chi connectivity index (χ0v) is 31.9. The Morgan fingerprint density at radius 1 is 0.673 bits per heavy atom. The Morgan fingerprint density at radius 3 is 2.25 bits per heavy atom. The molecule has 4 heteroatoms. The summed E-state index contributed by atoms with van der Waals surface area (Å²) in [4.78, 5) is 9.08. The number of hydrogen-bond donors (Lipinski definition) is 0. The summed E-state index contributed by atoms with van der Waals surface area (Å²) in [5, 5.41) is 4.33. The molecule has 0 spiro atoms. The molecule has 52 heavy (non-hydrogen) atoms. The quantitative estimate of drug-likeness (QED) is 0.156. The molecular weight excluding hydrogens is 813 g/mol. The predicted octanol–water partition coefficient (Wildman–Crippen LogP) is 12.6. The fraction of sp³-hybridized carbons (Fsp3) is 0.208. The molecule has 0 amide bonds. The Hall–Kier alpha value is -4.89. The standard InChI is InChI=1S/C28H24NO.C20H18N.Ir/c1-2-7-19(8-3-1)17-20-15-16-29-26(18-20)25-12-6-11-23-24-14-13-21-9-4-5-10-22(21)27(24)30-28(23)25;1-20(2,17-11-7-4-8-12-17)18-13-14-21-19(15-18)16-9-5-3-6-10-16;/h4-6,9-11,13-16,18-19H,1-3,7-8,17H2;3-9,11-15H,1-2H3;/q2*-1;/i17D2;;. The van der Waals surface area contributed by atoms with E-state index in [9.17, 15) is 0 Å². The predicted molar refractivity (Wildman–Crippen MR) is 211 cm³/mol. The van der Waals surface area contributed by atoms with E-state index in [1.165, 1.54) is 17.5 Å². The molecule has 0 N–H and O–H groups in total. The van der Waals surface area contributed by atoms with Crippen molar-refractivity contribution in [1.29, 1.82) is 0 Å². The third kappa shape index (κ3) is 7.37. The van der Waals surface area contributed by atoms with Crippen molar-refractivity contribution in [3.8, 4) is 22.5 Å². The van der Waals surface area contributed by atoms with Gasteiger partial charge in [-0.2, -0.15) is 0 Å². The number of benzene rings is 5. The van der Waals surface area contributed by atoms with E-state index in [4.69, 9.17) is 7.16 Å². The van der Waals surface area contributed by atoms with Crippen LogP contribution in [0.15, 0.2) is 144 Å². The summed E-state index contributed by atoms with van der Waals surface area (Å²) in [6.07, 6.45) is 7.57. The molecule has 261 valence electrons. The van der Waals surface area contributed by atoms with Crippen LogP contribution in [0.2, 0.25) is 0 Å². The molecule has 1 radical (unpaired) electrons. The van der Waals surface area contributed by atoms with Crippen molar-refractivity contribution in [2.75, 3.05) is 0 Å². The van der Waals surface area contributed by atoms with Gasteiger partial charge in [-0.3, -0.25) is 0 Å². The van der Waals surface area contributed by atoms with Crippen molar-refractivity contribution < 1.29 is 27.3 Å². The van der Waals surface area contributed by atoms with E-state index in [0.29, 0.717) is 11.3 Å². The van der Waals surface area contributed by atoms with E-state index in [0.717, 1.165) is 75.2 Å².